The van der Waals surface area contributed by atoms with Gasteiger partial charge in [0.05, 0.1) is 22.2 Å². The molecule has 3 aromatic rings. The Labute approximate surface area is 151 Å². The standard InChI is InChI=1S/C19H22N4OS/c1-13-17(25-12-20-13)8-9-18(24)23-10-4-5-14(11-23)19-21-15-6-2-3-7-16(15)22-19/h2-3,6-7,12,14H,4-5,8-11H2,1H3,(H,21,22). The summed E-state index contributed by atoms with van der Waals surface area (Å²) < 4.78 is 0. The second-order valence-electron chi connectivity index (χ2n) is 6.68. The Kier molecular flexibility index (Phi) is 4.53. The molecule has 5 nitrogen and oxygen atoms in total. The molecule has 0 bridgehead atoms. The molecule has 1 saturated heterocycles. The van der Waals surface area contributed by atoms with Gasteiger partial charge in [-0.25, -0.2) is 9.97 Å². The minimum atomic E-state index is 0.244. The molecule has 0 radical (unpaired) electrons. The molecule has 1 aliphatic rings. The Morgan fingerprint density at radius 2 is 2.28 bits per heavy atom. The van der Waals surface area contributed by atoms with Crippen LogP contribution in [0, 0.1) is 6.92 Å². The van der Waals surface area contributed by atoms with Crippen molar-refractivity contribution < 1.29 is 4.79 Å². The number of aromatic nitrogens is 3. The van der Waals surface area contributed by atoms with Crippen molar-refractivity contribution in [2.45, 2.75) is 38.5 Å². The number of para-hydroxylation sites is 2. The Morgan fingerprint density at radius 3 is 3.08 bits per heavy atom. The summed E-state index contributed by atoms with van der Waals surface area (Å²) in [5.74, 6) is 1.56. The highest BCUT2D eigenvalue weighted by Crippen LogP contribution is 2.27. The number of hydrogen-bond donors (Lipinski definition) is 1. The summed E-state index contributed by atoms with van der Waals surface area (Å²) in [6.07, 6.45) is 3.47. The minimum Gasteiger partial charge on any atom is -0.342 e. The molecule has 0 aliphatic carbocycles. The van der Waals surface area contributed by atoms with Crippen LogP contribution in [-0.4, -0.2) is 38.8 Å². The van der Waals surface area contributed by atoms with E-state index in [1.807, 2.05) is 35.5 Å². The van der Waals surface area contributed by atoms with Gasteiger partial charge in [0.15, 0.2) is 0 Å². The van der Waals surface area contributed by atoms with E-state index in [0.717, 1.165) is 54.9 Å². The van der Waals surface area contributed by atoms with Crippen LogP contribution in [0.4, 0.5) is 0 Å². The second kappa shape index (κ2) is 6.96. The Morgan fingerprint density at radius 1 is 1.40 bits per heavy atom. The number of aryl methyl sites for hydroxylation is 2. The number of likely N-dealkylation sites (tertiary alicyclic amines) is 1. The van der Waals surface area contributed by atoms with Gasteiger partial charge in [0, 0.05) is 30.3 Å². The fourth-order valence-corrected chi connectivity index (χ4v) is 4.32. The van der Waals surface area contributed by atoms with Crippen molar-refractivity contribution in [3.05, 3.63) is 46.2 Å². The van der Waals surface area contributed by atoms with Crippen molar-refractivity contribution in [1.82, 2.24) is 19.9 Å². The number of H-pyrrole nitrogens is 1. The van der Waals surface area contributed by atoms with Gasteiger partial charge in [-0.05, 0) is 38.3 Å². The van der Waals surface area contributed by atoms with Crippen molar-refractivity contribution in [2.75, 3.05) is 13.1 Å². The molecule has 4 rings (SSSR count). The zero-order valence-corrected chi connectivity index (χ0v) is 15.2. The second-order valence-corrected chi connectivity index (χ2v) is 7.62. The van der Waals surface area contributed by atoms with Crippen LogP contribution in [0.5, 0.6) is 0 Å². The van der Waals surface area contributed by atoms with Crippen molar-refractivity contribution in [1.29, 1.82) is 0 Å². The number of nitrogens with one attached hydrogen (secondary N) is 1. The van der Waals surface area contributed by atoms with E-state index < -0.39 is 0 Å². The predicted molar refractivity (Wildman–Crippen MR) is 99.8 cm³/mol. The molecule has 1 N–H and O–H groups in total. The smallest absolute Gasteiger partial charge is 0.222 e. The fourth-order valence-electron chi connectivity index (χ4n) is 3.54. The van der Waals surface area contributed by atoms with Gasteiger partial charge in [0.1, 0.15) is 5.82 Å². The first-order valence-electron chi connectivity index (χ1n) is 8.82. The number of thiazole rings is 1. The van der Waals surface area contributed by atoms with E-state index in [0.29, 0.717) is 12.3 Å². The maximum absolute atomic E-state index is 12.6. The normalized spacial score (nSPS) is 18.0. The van der Waals surface area contributed by atoms with Gasteiger partial charge in [-0.15, -0.1) is 11.3 Å². The van der Waals surface area contributed by atoms with Crippen LogP contribution < -0.4 is 0 Å². The number of nitrogens with zero attached hydrogens (tertiary/aromatic N) is 3. The van der Waals surface area contributed by atoms with Gasteiger partial charge >= 0.3 is 0 Å². The van der Waals surface area contributed by atoms with Gasteiger partial charge < -0.3 is 9.88 Å². The molecule has 1 amide bonds. The first kappa shape index (κ1) is 16.3. The van der Waals surface area contributed by atoms with E-state index >= 15 is 0 Å². The molecule has 25 heavy (non-hydrogen) atoms. The summed E-state index contributed by atoms with van der Waals surface area (Å²) in [5, 5.41) is 0. The number of imidazole rings is 1. The molecule has 1 atom stereocenters. The summed E-state index contributed by atoms with van der Waals surface area (Å²) >= 11 is 1.64. The third-order valence-corrected chi connectivity index (χ3v) is 5.97. The molecule has 130 valence electrons. The maximum Gasteiger partial charge on any atom is 0.222 e. The average molecular weight is 354 g/mol. The number of amides is 1. The van der Waals surface area contributed by atoms with Crippen LogP contribution in [-0.2, 0) is 11.2 Å². The zero-order chi connectivity index (χ0) is 17.2. The average Bonchev–Trinajstić information content (AvgIpc) is 3.25. The van der Waals surface area contributed by atoms with E-state index in [9.17, 15) is 4.79 Å². The van der Waals surface area contributed by atoms with E-state index in [1.54, 1.807) is 11.3 Å². The summed E-state index contributed by atoms with van der Waals surface area (Å²) in [7, 11) is 0. The molecular weight excluding hydrogens is 332 g/mol. The number of benzene rings is 1. The molecule has 3 heterocycles. The van der Waals surface area contributed by atoms with Crippen LogP contribution in [0.1, 0.15) is 41.6 Å². The van der Waals surface area contributed by atoms with Gasteiger partial charge in [-0.3, -0.25) is 4.79 Å². The van der Waals surface area contributed by atoms with Crippen molar-refractivity contribution in [2.24, 2.45) is 0 Å². The number of rotatable bonds is 4. The summed E-state index contributed by atoms with van der Waals surface area (Å²) in [6.45, 7) is 3.63. The SMILES string of the molecule is Cc1ncsc1CCC(=O)N1CCCC(c2nc3ccccc3[nH]2)C1. The first-order chi connectivity index (χ1) is 12.2. The number of carbonyl (C=O) groups is 1. The summed E-state index contributed by atoms with van der Waals surface area (Å²) in [4.78, 5) is 28.3. The summed E-state index contributed by atoms with van der Waals surface area (Å²) in [6, 6.07) is 8.10. The molecule has 1 unspecified atom stereocenters. The van der Waals surface area contributed by atoms with Crippen molar-refractivity contribution in [3.8, 4) is 0 Å². The van der Waals surface area contributed by atoms with Crippen LogP contribution in [0.25, 0.3) is 11.0 Å². The lowest BCUT2D eigenvalue weighted by atomic mass is 9.97. The molecule has 0 saturated carbocycles. The van der Waals surface area contributed by atoms with Crippen LogP contribution >= 0.6 is 11.3 Å². The van der Waals surface area contributed by atoms with E-state index in [2.05, 4.69) is 16.0 Å². The van der Waals surface area contributed by atoms with E-state index in [-0.39, 0.29) is 5.91 Å². The quantitative estimate of drug-likeness (QED) is 0.778. The first-order valence-corrected chi connectivity index (χ1v) is 9.70. The maximum atomic E-state index is 12.6. The monoisotopic (exact) mass is 354 g/mol. The third-order valence-electron chi connectivity index (χ3n) is 4.98. The Hall–Kier alpha value is -2.21. The van der Waals surface area contributed by atoms with Gasteiger partial charge in [0.2, 0.25) is 5.91 Å². The fraction of sp³-hybridized carbons (Fsp3) is 0.421. The highest BCUT2D eigenvalue weighted by molar-refractivity contribution is 7.09. The molecule has 0 spiro atoms. The minimum absolute atomic E-state index is 0.244. The summed E-state index contributed by atoms with van der Waals surface area (Å²) in [5.41, 5.74) is 4.98. The molecular formula is C19H22N4OS. The van der Waals surface area contributed by atoms with Gasteiger partial charge in [0.25, 0.3) is 0 Å². The zero-order valence-electron chi connectivity index (χ0n) is 14.4. The van der Waals surface area contributed by atoms with Crippen LogP contribution in [0.3, 0.4) is 0 Å². The molecule has 1 aliphatic heterocycles. The molecule has 1 aromatic carbocycles. The lowest BCUT2D eigenvalue weighted by Gasteiger charge is -2.32. The Balaban J connectivity index is 1.41. The predicted octanol–water partition coefficient (Wildman–Crippen LogP) is 3.67. The van der Waals surface area contributed by atoms with Crippen LogP contribution in [0.15, 0.2) is 29.8 Å². The third kappa shape index (κ3) is 3.44. The number of piperidine rings is 1. The van der Waals surface area contributed by atoms with Crippen LogP contribution in [0.2, 0.25) is 0 Å². The number of aromatic amines is 1. The molecule has 6 heteroatoms. The topological polar surface area (TPSA) is 61.9 Å². The number of carbonyl (C=O) groups excluding carboxylic acids is 1. The lowest BCUT2D eigenvalue weighted by Crippen LogP contribution is -2.39. The van der Waals surface area contributed by atoms with Crippen molar-refractivity contribution in [3.63, 3.8) is 0 Å². The number of hydrogen-bond acceptors (Lipinski definition) is 4. The van der Waals surface area contributed by atoms with Gasteiger partial charge in [-0.2, -0.15) is 0 Å². The Bertz CT molecular complexity index is 851. The van der Waals surface area contributed by atoms with E-state index in [1.165, 1.54) is 4.88 Å². The molecule has 2 aromatic heterocycles. The highest BCUT2D eigenvalue weighted by atomic mass is 32.1. The lowest BCUT2D eigenvalue weighted by molar-refractivity contribution is -0.132. The van der Waals surface area contributed by atoms with Gasteiger partial charge in [-0.1, -0.05) is 12.1 Å². The largest absolute Gasteiger partial charge is 0.342 e. The van der Waals surface area contributed by atoms with Crippen molar-refractivity contribution >= 4 is 28.3 Å². The number of fused-ring (bicyclic) bond motifs is 1. The van der Waals surface area contributed by atoms with E-state index in [4.69, 9.17) is 4.98 Å². The highest BCUT2D eigenvalue weighted by Gasteiger charge is 2.26. The molecule has 1 fully saturated rings.